The third-order valence-corrected chi connectivity index (χ3v) is 3.12. The zero-order valence-corrected chi connectivity index (χ0v) is 13.0. The Labute approximate surface area is 121 Å². The number of halogens is 1. The van der Waals surface area contributed by atoms with E-state index in [-0.39, 0.29) is 0 Å². The Bertz CT molecular complexity index is 564. The molecule has 2 rings (SSSR count). The summed E-state index contributed by atoms with van der Waals surface area (Å²) in [6.07, 6.45) is 4.76. The minimum Gasteiger partial charge on any atom is -0.337 e. The summed E-state index contributed by atoms with van der Waals surface area (Å²) in [7, 11) is 1.92. The minimum atomic E-state index is 0.799. The average molecular weight is 324 g/mol. The van der Waals surface area contributed by atoms with E-state index in [2.05, 4.69) is 50.2 Å². The van der Waals surface area contributed by atoms with Crippen LogP contribution in [0.25, 0.3) is 0 Å². The Morgan fingerprint density at radius 2 is 2.11 bits per heavy atom. The molecule has 0 unspecified atom stereocenters. The van der Waals surface area contributed by atoms with Crippen LogP contribution in [0.2, 0.25) is 0 Å². The molecule has 0 aliphatic rings. The molecule has 0 saturated heterocycles. The molecule has 2 aromatic rings. The smallest absolute Gasteiger partial charge is 0.135 e. The number of aromatic nitrogens is 4. The first-order chi connectivity index (χ1) is 9.12. The molecule has 0 aliphatic carbocycles. The second kappa shape index (κ2) is 6.14. The summed E-state index contributed by atoms with van der Waals surface area (Å²) in [5.41, 5.74) is 2.03. The topological polar surface area (TPSA) is 55.6 Å². The Morgan fingerprint density at radius 1 is 1.32 bits per heavy atom. The van der Waals surface area contributed by atoms with Crippen LogP contribution in [0.1, 0.15) is 31.8 Å². The molecule has 102 valence electrons. The van der Waals surface area contributed by atoms with Gasteiger partial charge in [-0.05, 0) is 28.8 Å². The molecule has 0 aliphatic heterocycles. The number of nitrogens with zero attached hydrogens (tertiary/aromatic N) is 4. The van der Waals surface area contributed by atoms with Gasteiger partial charge in [-0.15, -0.1) is 0 Å². The zero-order valence-electron chi connectivity index (χ0n) is 11.4. The van der Waals surface area contributed by atoms with E-state index in [1.54, 1.807) is 0 Å². The number of rotatable bonds is 5. The number of hydrogen-bond donors (Lipinski definition) is 1. The van der Waals surface area contributed by atoms with Gasteiger partial charge in [0.05, 0.1) is 11.4 Å². The molecule has 19 heavy (non-hydrogen) atoms. The fraction of sp³-hybridized carbons (Fsp3) is 0.462. The molecule has 6 heteroatoms. The molecule has 2 heterocycles. The van der Waals surface area contributed by atoms with Crippen molar-refractivity contribution in [2.45, 2.75) is 33.1 Å². The maximum Gasteiger partial charge on any atom is 0.135 e. The van der Waals surface area contributed by atoms with Gasteiger partial charge in [-0.2, -0.15) is 5.10 Å². The second-order valence-electron chi connectivity index (χ2n) is 4.38. The second-order valence-corrected chi connectivity index (χ2v) is 5.20. The number of aryl methyl sites for hydroxylation is 3. The standard InChI is InChI=1S/C13H18BrN5/c1-4-6-12-16-11(14)7-13(17-12)15-10-8-19(3)18-9(10)5-2/h7-8H,4-6H2,1-3H3,(H,15,16,17). The maximum absolute atomic E-state index is 4.51. The van der Waals surface area contributed by atoms with Gasteiger partial charge >= 0.3 is 0 Å². The molecule has 0 aromatic carbocycles. The molecular formula is C13H18BrN5. The van der Waals surface area contributed by atoms with Gasteiger partial charge in [0.2, 0.25) is 0 Å². The van der Waals surface area contributed by atoms with Crippen molar-refractivity contribution in [3.05, 3.63) is 28.4 Å². The molecule has 0 bridgehead atoms. The first-order valence-corrected chi connectivity index (χ1v) is 7.24. The summed E-state index contributed by atoms with van der Waals surface area (Å²) >= 11 is 3.43. The van der Waals surface area contributed by atoms with Gasteiger partial charge in [0.25, 0.3) is 0 Å². The van der Waals surface area contributed by atoms with Crippen LogP contribution in [0.15, 0.2) is 16.9 Å². The molecule has 0 amide bonds. The Hall–Kier alpha value is -1.43. The number of nitrogens with one attached hydrogen (secondary N) is 1. The normalized spacial score (nSPS) is 10.7. The molecule has 0 fully saturated rings. The van der Waals surface area contributed by atoms with Crippen molar-refractivity contribution in [3.63, 3.8) is 0 Å². The van der Waals surface area contributed by atoms with Crippen molar-refractivity contribution < 1.29 is 0 Å². The van der Waals surface area contributed by atoms with Crippen LogP contribution in [-0.2, 0) is 19.9 Å². The van der Waals surface area contributed by atoms with Crippen LogP contribution < -0.4 is 5.32 Å². The number of hydrogen-bond acceptors (Lipinski definition) is 4. The number of anilines is 2. The largest absolute Gasteiger partial charge is 0.337 e. The highest BCUT2D eigenvalue weighted by atomic mass is 79.9. The van der Waals surface area contributed by atoms with Crippen molar-refractivity contribution >= 4 is 27.4 Å². The SMILES string of the molecule is CCCc1nc(Br)cc(Nc2cn(C)nc2CC)n1. The van der Waals surface area contributed by atoms with E-state index < -0.39 is 0 Å². The lowest BCUT2D eigenvalue weighted by molar-refractivity contribution is 0.746. The van der Waals surface area contributed by atoms with Crippen LogP contribution in [-0.4, -0.2) is 19.7 Å². The predicted octanol–water partition coefficient (Wildman–Crippen LogP) is 3.23. The highest BCUT2D eigenvalue weighted by molar-refractivity contribution is 9.10. The van der Waals surface area contributed by atoms with E-state index >= 15 is 0 Å². The van der Waals surface area contributed by atoms with E-state index in [1.165, 1.54) is 0 Å². The third-order valence-electron chi connectivity index (χ3n) is 2.72. The third kappa shape index (κ3) is 3.53. The summed E-state index contributed by atoms with van der Waals surface area (Å²) in [6.45, 7) is 4.21. The van der Waals surface area contributed by atoms with E-state index in [0.29, 0.717) is 0 Å². The first kappa shape index (κ1) is 14.0. The molecule has 0 atom stereocenters. The summed E-state index contributed by atoms with van der Waals surface area (Å²) in [4.78, 5) is 8.87. The molecule has 0 saturated carbocycles. The van der Waals surface area contributed by atoms with Gasteiger partial charge < -0.3 is 5.32 Å². The van der Waals surface area contributed by atoms with E-state index in [0.717, 1.165) is 46.9 Å². The van der Waals surface area contributed by atoms with Crippen molar-refractivity contribution in [2.75, 3.05) is 5.32 Å². The molecular weight excluding hydrogens is 306 g/mol. The summed E-state index contributed by atoms with van der Waals surface area (Å²) in [5.74, 6) is 1.65. The molecule has 5 nitrogen and oxygen atoms in total. The van der Waals surface area contributed by atoms with Gasteiger partial charge in [-0.3, -0.25) is 4.68 Å². The highest BCUT2D eigenvalue weighted by Crippen LogP contribution is 2.21. The van der Waals surface area contributed by atoms with E-state index in [4.69, 9.17) is 0 Å². The van der Waals surface area contributed by atoms with Crippen LogP contribution in [0.3, 0.4) is 0 Å². The Morgan fingerprint density at radius 3 is 2.79 bits per heavy atom. The lowest BCUT2D eigenvalue weighted by Crippen LogP contribution is -2.01. The highest BCUT2D eigenvalue weighted by Gasteiger charge is 2.08. The van der Waals surface area contributed by atoms with Crippen molar-refractivity contribution in [2.24, 2.45) is 7.05 Å². The lowest BCUT2D eigenvalue weighted by Gasteiger charge is -2.07. The molecule has 2 aromatic heterocycles. The van der Waals surface area contributed by atoms with Crippen LogP contribution >= 0.6 is 15.9 Å². The fourth-order valence-electron chi connectivity index (χ4n) is 1.90. The fourth-order valence-corrected chi connectivity index (χ4v) is 2.32. The van der Waals surface area contributed by atoms with Crippen molar-refractivity contribution in [3.8, 4) is 0 Å². The van der Waals surface area contributed by atoms with E-state index in [9.17, 15) is 0 Å². The Balaban J connectivity index is 2.26. The molecule has 1 N–H and O–H groups in total. The van der Waals surface area contributed by atoms with Crippen LogP contribution in [0.4, 0.5) is 11.5 Å². The van der Waals surface area contributed by atoms with Crippen LogP contribution in [0.5, 0.6) is 0 Å². The zero-order chi connectivity index (χ0) is 13.8. The van der Waals surface area contributed by atoms with Crippen molar-refractivity contribution in [1.82, 2.24) is 19.7 Å². The van der Waals surface area contributed by atoms with E-state index in [1.807, 2.05) is 24.0 Å². The van der Waals surface area contributed by atoms with Crippen LogP contribution in [0, 0.1) is 0 Å². The maximum atomic E-state index is 4.51. The quantitative estimate of drug-likeness (QED) is 0.858. The minimum absolute atomic E-state index is 0.799. The Kier molecular flexibility index (Phi) is 4.52. The summed E-state index contributed by atoms with van der Waals surface area (Å²) in [6, 6.07) is 1.88. The van der Waals surface area contributed by atoms with Gasteiger partial charge in [-0.25, -0.2) is 9.97 Å². The summed E-state index contributed by atoms with van der Waals surface area (Å²) in [5, 5.41) is 7.72. The van der Waals surface area contributed by atoms with Gasteiger partial charge in [0, 0.05) is 25.7 Å². The van der Waals surface area contributed by atoms with Gasteiger partial charge in [0.15, 0.2) is 0 Å². The average Bonchev–Trinajstić information content (AvgIpc) is 2.69. The van der Waals surface area contributed by atoms with Gasteiger partial charge in [0.1, 0.15) is 16.2 Å². The summed E-state index contributed by atoms with van der Waals surface area (Å²) < 4.78 is 2.61. The van der Waals surface area contributed by atoms with Crippen molar-refractivity contribution in [1.29, 1.82) is 0 Å². The first-order valence-electron chi connectivity index (χ1n) is 6.45. The predicted molar refractivity (Wildman–Crippen MR) is 79.6 cm³/mol. The van der Waals surface area contributed by atoms with Gasteiger partial charge in [-0.1, -0.05) is 13.8 Å². The molecule has 0 spiro atoms. The molecule has 0 radical (unpaired) electrons. The monoisotopic (exact) mass is 323 g/mol. The lowest BCUT2D eigenvalue weighted by atomic mass is 10.3.